The van der Waals surface area contributed by atoms with Crippen LogP contribution in [0.3, 0.4) is 0 Å². The van der Waals surface area contributed by atoms with Gasteiger partial charge < -0.3 is 20.4 Å². The number of benzene rings is 3. The molecule has 126 valence electrons. The molecule has 3 rings (SSSR count). The topological polar surface area (TPSA) is 135 Å². The van der Waals surface area contributed by atoms with Crippen LogP contribution >= 0.6 is 0 Å². The van der Waals surface area contributed by atoms with E-state index in [1.54, 1.807) is 24.3 Å². The van der Waals surface area contributed by atoms with E-state index in [4.69, 9.17) is 19.9 Å². The molecule has 0 saturated carbocycles. The van der Waals surface area contributed by atoms with Gasteiger partial charge >= 0.3 is 0 Å². The van der Waals surface area contributed by atoms with Crippen LogP contribution in [0.15, 0.2) is 59.5 Å². The third-order valence-electron chi connectivity index (χ3n) is 3.13. The average molecular weight is 350 g/mol. The molecule has 0 aliphatic heterocycles. The Kier molecular flexibility index (Phi) is 4.82. The quantitative estimate of drug-likeness (QED) is 0.336. The second-order valence-electron chi connectivity index (χ2n) is 4.75. The first kappa shape index (κ1) is 17.4. The molecule has 0 aliphatic rings. The van der Waals surface area contributed by atoms with Crippen molar-refractivity contribution in [2.75, 3.05) is 0 Å². The minimum atomic E-state index is -4.37. The average Bonchev–Trinajstić information content (AvgIpc) is 2.52. The smallest absolute Gasteiger partial charge is 0.298 e. The third-order valence-corrected chi connectivity index (χ3v) is 4.02. The van der Waals surface area contributed by atoms with Crippen LogP contribution in [0.25, 0.3) is 10.8 Å². The summed E-state index contributed by atoms with van der Waals surface area (Å²) in [5.74, 6) is -1.52. The highest BCUT2D eigenvalue weighted by Crippen LogP contribution is 2.33. The largest absolute Gasteiger partial charge is 0.506 e. The number of hydrogen-bond acceptors (Lipinski definition) is 6. The maximum Gasteiger partial charge on any atom is 0.298 e. The zero-order valence-electron chi connectivity index (χ0n) is 12.2. The van der Waals surface area contributed by atoms with E-state index in [1.807, 2.05) is 0 Å². The molecule has 0 saturated heterocycles. The fourth-order valence-corrected chi connectivity index (χ4v) is 2.56. The molecule has 0 aromatic heterocycles. The Morgan fingerprint density at radius 2 is 1.25 bits per heavy atom. The van der Waals surface area contributed by atoms with Gasteiger partial charge in [-0.15, -0.1) is 0 Å². The van der Waals surface area contributed by atoms with Crippen LogP contribution in [0.1, 0.15) is 0 Å². The van der Waals surface area contributed by atoms with Crippen molar-refractivity contribution in [1.29, 1.82) is 0 Å². The van der Waals surface area contributed by atoms with Crippen LogP contribution < -0.4 is 0 Å². The number of phenolic OH excluding ortho intramolecular Hbond substituents is 4. The van der Waals surface area contributed by atoms with Gasteiger partial charge in [0.2, 0.25) is 0 Å². The molecule has 3 aromatic carbocycles. The lowest BCUT2D eigenvalue weighted by Crippen LogP contribution is -1.98. The molecule has 7 nitrogen and oxygen atoms in total. The van der Waals surface area contributed by atoms with Gasteiger partial charge in [0.1, 0.15) is 10.6 Å². The number of fused-ring (bicyclic) bond motifs is 1. The van der Waals surface area contributed by atoms with Crippen LogP contribution in [0.5, 0.6) is 23.0 Å². The first-order valence-corrected chi connectivity index (χ1v) is 8.04. The lowest BCUT2D eigenvalue weighted by molar-refractivity contribution is 0.368. The Bertz CT molecular complexity index is 961. The Balaban J connectivity index is 0.000000198. The Labute approximate surface area is 137 Å². The highest BCUT2D eigenvalue weighted by Gasteiger charge is 2.16. The fraction of sp³-hybridized carbons (Fsp3) is 0. The van der Waals surface area contributed by atoms with Gasteiger partial charge in [-0.05, 0) is 23.6 Å². The summed E-state index contributed by atoms with van der Waals surface area (Å²) in [5.41, 5.74) is 0. The standard InChI is InChI=1S/C10H8O4S.C6H6O3/c11-10-8-4-2-1-3-7(8)5-6-9(10)15(12,13)14;7-4-2-1-3-5(8)6(4)9/h1-6,11H,(H,12,13,14);1-3,7-9H. The summed E-state index contributed by atoms with van der Waals surface area (Å²) in [6, 6.07) is 13.5. The Morgan fingerprint density at radius 3 is 1.79 bits per heavy atom. The lowest BCUT2D eigenvalue weighted by Gasteiger charge is -2.04. The molecule has 5 N–H and O–H groups in total. The summed E-state index contributed by atoms with van der Waals surface area (Å²) in [4.78, 5) is -0.471. The minimum Gasteiger partial charge on any atom is -0.506 e. The second kappa shape index (κ2) is 6.65. The summed E-state index contributed by atoms with van der Waals surface area (Å²) in [6.45, 7) is 0. The minimum absolute atomic E-state index is 0.310. The third kappa shape index (κ3) is 3.67. The summed E-state index contributed by atoms with van der Waals surface area (Å²) >= 11 is 0. The number of para-hydroxylation sites is 1. The highest BCUT2D eigenvalue weighted by molar-refractivity contribution is 7.86. The van der Waals surface area contributed by atoms with E-state index in [2.05, 4.69) is 0 Å². The van der Waals surface area contributed by atoms with Crippen molar-refractivity contribution in [3.05, 3.63) is 54.6 Å². The van der Waals surface area contributed by atoms with Gasteiger partial charge in [-0.25, -0.2) is 0 Å². The maximum atomic E-state index is 10.9. The van der Waals surface area contributed by atoms with Crippen LogP contribution in [0, 0.1) is 0 Å². The first-order valence-electron chi connectivity index (χ1n) is 6.60. The van der Waals surface area contributed by atoms with Gasteiger partial charge in [-0.2, -0.15) is 8.42 Å². The molecule has 24 heavy (non-hydrogen) atoms. The number of aromatic hydroxyl groups is 4. The Morgan fingerprint density at radius 1 is 0.667 bits per heavy atom. The zero-order chi connectivity index (χ0) is 17.9. The van der Waals surface area contributed by atoms with Crippen LogP contribution in [0.4, 0.5) is 0 Å². The SMILES string of the molecule is O=S(=O)(O)c1ccc2ccccc2c1O.Oc1cccc(O)c1O. The molecule has 0 amide bonds. The number of hydrogen-bond donors (Lipinski definition) is 5. The van der Waals surface area contributed by atoms with Crippen molar-refractivity contribution in [2.24, 2.45) is 0 Å². The molecule has 0 radical (unpaired) electrons. The van der Waals surface area contributed by atoms with Crippen LogP contribution in [0.2, 0.25) is 0 Å². The summed E-state index contributed by atoms with van der Waals surface area (Å²) in [5, 5.41) is 36.8. The molecule has 0 bridgehead atoms. The van der Waals surface area contributed by atoms with Crippen molar-refractivity contribution >= 4 is 20.9 Å². The van der Waals surface area contributed by atoms with E-state index in [1.165, 1.54) is 30.3 Å². The normalized spacial score (nSPS) is 10.9. The Hall–Kier alpha value is -2.97. The fourth-order valence-electron chi connectivity index (χ4n) is 1.96. The van der Waals surface area contributed by atoms with E-state index < -0.39 is 26.5 Å². The molecular formula is C16H14O7S. The summed E-state index contributed by atoms with van der Waals surface area (Å²) < 4.78 is 30.6. The lowest BCUT2D eigenvalue weighted by atomic mass is 10.1. The van der Waals surface area contributed by atoms with Gasteiger partial charge in [-0.3, -0.25) is 4.55 Å². The maximum absolute atomic E-state index is 10.9. The summed E-state index contributed by atoms with van der Waals surface area (Å²) in [6.07, 6.45) is 0. The van der Waals surface area contributed by atoms with Crippen molar-refractivity contribution in [2.45, 2.75) is 4.90 Å². The van der Waals surface area contributed by atoms with E-state index >= 15 is 0 Å². The predicted molar refractivity (Wildman–Crippen MR) is 86.9 cm³/mol. The number of rotatable bonds is 1. The molecule has 0 unspecified atom stereocenters. The van der Waals surface area contributed by atoms with E-state index in [0.29, 0.717) is 10.8 Å². The van der Waals surface area contributed by atoms with Crippen molar-refractivity contribution in [1.82, 2.24) is 0 Å². The molecular weight excluding hydrogens is 336 g/mol. The van der Waals surface area contributed by atoms with Crippen molar-refractivity contribution < 1.29 is 33.4 Å². The zero-order valence-corrected chi connectivity index (χ0v) is 13.0. The first-order chi connectivity index (χ1) is 11.2. The predicted octanol–water partition coefficient (Wildman–Crippen LogP) is 2.60. The van der Waals surface area contributed by atoms with Crippen molar-refractivity contribution in [3.63, 3.8) is 0 Å². The van der Waals surface area contributed by atoms with Crippen molar-refractivity contribution in [3.8, 4) is 23.0 Å². The molecule has 0 fully saturated rings. The molecule has 8 heteroatoms. The summed E-state index contributed by atoms with van der Waals surface area (Å²) in [7, 11) is -4.37. The molecule has 0 aliphatic carbocycles. The molecule has 3 aromatic rings. The van der Waals surface area contributed by atoms with Gasteiger partial charge in [0.15, 0.2) is 17.2 Å². The molecule has 0 heterocycles. The van der Waals surface area contributed by atoms with Gasteiger partial charge in [0.05, 0.1) is 0 Å². The monoisotopic (exact) mass is 350 g/mol. The van der Waals surface area contributed by atoms with Crippen LogP contribution in [-0.2, 0) is 10.1 Å². The second-order valence-corrected chi connectivity index (χ2v) is 6.14. The highest BCUT2D eigenvalue weighted by atomic mass is 32.2. The van der Waals surface area contributed by atoms with E-state index in [-0.39, 0.29) is 11.5 Å². The van der Waals surface area contributed by atoms with Gasteiger partial charge in [-0.1, -0.05) is 36.4 Å². The number of phenols is 4. The van der Waals surface area contributed by atoms with Crippen LogP contribution in [-0.4, -0.2) is 33.4 Å². The van der Waals surface area contributed by atoms with E-state index in [9.17, 15) is 13.5 Å². The molecule has 0 spiro atoms. The van der Waals surface area contributed by atoms with Gasteiger partial charge in [0, 0.05) is 5.39 Å². The molecule has 0 atom stereocenters. The van der Waals surface area contributed by atoms with E-state index in [0.717, 1.165) is 0 Å². The van der Waals surface area contributed by atoms with Gasteiger partial charge in [0.25, 0.3) is 10.1 Å².